The Labute approximate surface area is 537 Å². The Morgan fingerprint density at radius 2 is 0.523 bits per heavy atom. The minimum Gasteiger partial charge on any atom is -0.462 e. The average Bonchev–Trinajstić information content (AvgIpc) is 3.52. The first-order valence-electron chi connectivity index (χ1n) is 35.8. The molecule has 0 spiro atoms. The third-order valence-corrected chi connectivity index (χ3v) is 17.8. The highest BCUT2D eigenvalue weighted by molar-refractivity contribution is 7.47. The highest BCUT2D eigenvalue weighted by Gasteiger charge is 2.30. The molecule has 522 valence electrons. The maximum absolute atomic E-state index is 13.0. The zero-order valence-electron chi connectivity index (χ0n) is 57.2. The monoisotopic (exact) mass is 1300 g/mol. The van der Waals surface area contributed by atoms with Gasteiger partial charge in [0.05, 0.1) is 26.4 Å². The van der Waals surface area contributed by atoms with Gasteiger partial charge in [-0.15, -0.1) is 0 Å². The van der Waals surface area contributed by atoms with Crippen LogP contribution >= 0.6 is 15.6 Å². The first-order valence-corrected chi connectivity index (χ1v) is 38.8. The van der Waals surface area contributed by atoms with Gasteiger partial charge >= 0.3 is 39.5 Å². The van der Waals surface area contributed by atoms with Gasteiger partial charge in [-0.05, 0) is 43.4 Å². The van der Waals surface area contributed by atoms with E-state index in [4.69, 9.17) is 37.0 Å². The first-order chi connectivity index (χ1) is 42.2. The lowest BCUT2D eigenvalue weighted by molar-refractivity contribution is -0.161. The number of carbonyl (C=O) groups is 4. The van der Waals surface area contributed by atoms with Crippen LogP contribution in [0.1, 0.15) is 344 Å². The van der Waals surface area contributed by atoms with Crippen LogP contribution < -0.4 is 0 Å². The molecule has 17 nitrogen and oxygen atoms in total. The van der Waals surface area contributed by atoms with Gasteiger partial charge in [0.25, 0.3) is 0 Å². The second kappa shape index (κ2) is 60.0. The zero-order chi connectivity index (χ0) is 65.2. The number of aliphatic hydroxyl groups excluding tert-OH is 1. The number of rotatable bonds is 67. The summed E-state index contributed by atoms with van der Waals surface area (Å²) in [6, 6.07) is 0. The van der Waals surface area contributed by atoms with Crippen molar-refractivity contribution in [3.63, 3.8) is 0 Å². The Bertz CT molecular complexity index is 1730. The molecule has 0 saturated heterocycles. The normalized spacial score (nSPS) is 14.2. The molecule has 0 aromatic rings. The van der Waals surface area contributed by atoms with Crippen molar-refractivity contribution in [2.75, 3.05) is 39.6 Å². The number of carbonyl (C=O) groups excluding carboxylic acids is 4. The second-order valence-corrected chi connectivity index (χ2v) is 29.3. The molecule has 3 N–H and O–H groups in total. The molecule has 0 rings (SSSR count). The van der Waals surface area contributed by atoms with Crippen LogP contribution in [-0.4, -0.2) is 96.7 Å². The molecule has 0 aromatic heterocycles. The summed E-state index contributed by atoms with van der Waals surface area (Å²) in [5, 5.41) is 10.6. The molecule has 19 heteroatoms. The summed E-state index contributed by atoms with van der Waals surface area (Å²) < 4.78 is 68.1. The number of hydrogen-bond donors (Lipinski definition) is 3. The Balaban J connectivity index is 5.20. The lowest BCUT2D eigenvalue weighted by atomic mass is 10.0. The molecule has 0 aliphatic heterocycles. The van der Waals surface area contributed by atoms with E-state index in [1.165, 1.54) is 154 Å². The predicted molar refractivity (Wildman–Crippen MR) is 354 cm³/mol. The fraction of sp³-hybridized carbons (Fsp3) is 0.942. The Morgan fingerprint density at radius 3 is 0.773 bits per heavy atom. The Kier molecular flexibility index (Phi) is 58.7. The average molecular weight is 1300 g/mol. The molecule has 0 aliphatic rings. The summed E-state index contributed by atoms with van der Waals surface area (Å²) in [5.41, 5.74) is 0. The van der Waals surface area contributed by atoms with Gasteiger partial charge in [-0.2, -0.15) is 0 Å². The van der Waals surface area contributed by atoms with Crippen LogP contribution in [0.25, 0.3) is 0 Å². The van der Waals surface area contributed by atoms with E-state index in [0.29, 0.717) is 31.6 Å². The molecule has 0 bridgehead atoms. The van der Waals surface area contributed by atoms with Gasteiger partial charge < -0.3 is 33.8 Å². The summed E-state index contributed by atoms with van der Waals surface area (Å²) >= 11 is 0. The van der Waals surface area contributed by atoms with E-state index in [9.17, 15) is 43.2 Å². The Hall–Kier alpha value is -1.94. The summed E-state index contributed by atoms with van der Waals surface area (Å²) in [6.45, 7) is 11.7. The number of ether oxygens (including phenoxy) is 4. The fourth-order valence-corrected chi connectivity index (χ4v) is 11.9. The minimum absolute atomic E-state index is 0.102. The molecular formula is C69H134O17P2. The van der Waals surface area contributed by atoms with Gasteiger partial charge in [0, 0.05) is 25.7 Å². The molecule has 2 unspecified atom stereocenters. The number of unbranched alkanes of at least 4 members (excludes halogenated alkanes) is 35. The van der Waals surface area contributed by atoms with Crippen LogP contribution in [0.2, 0.25) is 0 Å². The molecule has 0 amide bonds. The van der Waals surface area contributed by atoms with Crippen LogP contribution in [0.5, 0.6) is 0 Å². The lowest BCUT2D eigenvalue weighted by Crippen LogP contribution is -2.30. The van der Waals surface area contributed by atoms with Crippen LogP contribution in [0.15, 0.2) is 0 Å². The fourth-order valence-electron chi connectivity index (χ4n) is 10.4. The van der Waals surface area contributed by atoms with E-state index in [1.54, 1.807) is 0 Å². The highest BCUT2D eigenvalue weighted by Crippen LogP contribution is 2.45. The van der Waals surface area contributed by atoms with Crippen molar-refractivity contribution in [2.45, 2.75) is 362 Å². The van der Waals surface area contributed by atoms with E-state index < -0.39 is 97.5 Å². The molecule has 0 radical (unpaired) electrons. The van der Waals surface area contributed by atoms with Crippen LogP contribution in [0.4, 0.5) is 0 Å². The third-order valence-electron chi connectivity index (χ3n) is 15.9. The van der Waals surface area contributed by atoms with Crippen LogP contribution in [-0.2, 0) is 65.4 Å². The van der Waals surface area contributed by atoms with Gasteiger partial charge in [-0.3, -0.25) is 37.3 Å². The quantitative estimate of drug-likeness (QED) is 0.0222. The number of hydrogen-bond acceptors (Lipinski definition) is 15. The second-order valence-electron chi connectivity index (χ2n) is 26.3. The van der Waals surface area contributed by atoms with Crippen molar-refractivity contribution in [2.24, 2.45) is 17.8 Å². The maximum Gasteiger partial charge on any atom is 0.472 e. The number of phosphoric acid groups is 2. The zero-order valence-corrected chi connectivity index (χ0v) is 59.0. The van der Waals surface area contributed by atoms with Crippen molar-refractivity contribution in [1.29, 1.82) is 0 Å². The van der Waals surface area contributed by atoms with Crippen molar-refractivity contribution < 1.29 is 80.2 Å². The van der Waals surface area contributed by atoms with Gasteiger partial charge in [-0.25, -0.2) is 9.13 Å². The molecule has 0 saturated carbocycles. The van der Waals surface area contributed by atoms with Gasteiger partial charge in [0.1, 0.15) is 19.3 Å². The van der Waals surface area contributed by atoms with Gasteiger partial charge in [-0.1, -0.05) is 292 Å². The lowest BCUT2D eigenvalue weighted by Gasteiger charge is -2.21. The highest BCUT2D eigenvalue weighted by atomic mass is 31.2. The minimum atomic E-state index is -4.95. The molecule has 88 heavy (non-hydrogen) atoms. The summed E-state index contributed by atoms with van der Waals surface area (Å²) in [4.78, 5) is 72.4. The SMILES string of the molecule is CCCCCCCCCCCC(=O)OC[C@H](COP(=O)(O)OC[C@H](O)COP(=O)(O)OC[C@@H](COC(=O)CCCCCCCCCCCC(C)C)OC(=O)CCCCCCCCCCCCCCCCCC(C)C)OC(=O)CCCCCCCCC(C)C. The number of phosphoric ester groups is 2. The largest absolute Gasteiger partial charge is 0.472 e. The van der Waals surface area contributed by atoms with Crippen molar-refractivity contribution in [3.8, 4) is 0 Å². The summed E-state index contributed by atoms with van der Waals surface area (Å²) in [7, 11) is -9.89. The molecule has 0 heterocycles. The number of esters is 4. The maximum atomic E-state index is 13.0. The van der Waals surface area contributed by atoms with Crippen LogP contribution in [0, 0.1) is 17.8 Å². The number of aliphatic hydroxyl groups is 1. The van der Waals surface area contributed by atoms with Gasteiger partial charge in [0.15, 0.2) is 12.2 Å². The van der Waals surface area contributed by atoms with E-state index in [2.05, 4.69) is 48.5 Å². The topological polar surface area (TPSA) is 237 Å². The predicted octanol–water partition coefficient (Wildman–Crippen LogP) is 19.5. The van der Waals surface area contributed by atoms with E-state index in [0.717, 1.165) is 102 Å². The summed E-state index contributed by atoms with van der Waals surface area (Å²) in [6.07, 6.45) is 43.3. The first kappa shape index (κ1) is 86.1. The van der Waals surface area contributed by atoms with E-state index in [1.807, 2.05) is 0 Å². The van der Waals surface area contributed by atoms with E-state index in [-0.39, 0.29) is 25.7 Å². The molecule has 0 fully saturated rings. The molecule has 0 aliphatic carbocycles. The van der Waals surface area contributed by atoms with Crippen molar-refractivity contribution in [1.82, 2.24) is 0 Å². The smallest absolute Gasteiger partial charge is 0.462 e. The molecule has 0 aromatic carbocycles. The summed E-state index contributed by atoms with van der Waals surface area (Å²) in [5.74, 6) is 0.0826. The van der Waals surface area contributed by atoms with E-state index >= 15 is 0 Å². The third kappa shape index (κ3) is 62.8. The van der Waals surface area contributed by atoms with Crippen LogP contribution in [0.3, 0.4) is 0 Å². The van der Waals surface area contributed by atoms with Crippen molar-refractivity contribution in [3.05, 3.63) is 0 Å². The molecule has 5 atom stereocenters. The van der Waals surface area contributed by atoms with Gasteiger partial charge in [0.2, 0.25) is 0 Å². The molecular weight excluding hydrogens is 1160 g/mol. The Morgan fingerprint density at radius 1 is 0.307 bits per heavy atom. The van der Waals surface area contributed by atoms with Crippen molar-refractivity contribution >= 4 is 39.5 Å². The standard InChI is InChI=1S/C69H134O17P2/c1-8-9-10-11-12-21-28-36-43-50-66(71)79-57-65(86-69(74)53-46-39-32-31-35-42-49-62(6)7)59-84-88(77,78)82-55-63(70)54-81-87(75,76)83-58-64(56-80-67(72)51-44-37-29-25-20-23-27-34-41-48-61(4)5)85-68(73)52-45-38-30-24-19-17-15-13-14-16-18-22-26-33-40-47-60(2)3/h60-65,70H,8-59H2,1-7H3,(H,75,76)(H,77,78)/t63-,64-,65-/m1/s1.